The predicted molar refractivity (Wildman–Crippen MR) is 101 cm³/mol. The number of hydrogen-bond acceptors (Lipinski definition) is 4. The van der Waals surface area contributed by atoms with E-state index in [0.717, 1.165) is 16.3 Å². The fourth-order valence-electron chi connectivity index (χ4n) is 2.31. The molecular weight excluding hydrogens is 336 g/mol. The van der Waals surface area contributed by atoms with Crippen LogP contribution in [0.5, 0.6) is 0 Å². The number of para-hydroxylation sites is 1. The molecule has 0 fully saturated rings. The molecule has 25 heavy (non-hydrogen) atoms. The number of amides is 3. The van der Waals surface area contributed by atoms with Crippen molar-refractivity contribution in [2.45, 2.75) is 25.8 Å². The van der Waals surface area contributed by atoms with Crippen molar-refractivity contribution < 1.29 is 9.59 Å². The summed E-state index contributed by atoms with van der Waals surface area (Å²) in [5.74, 6) is 0.0654. The van der Waals surface area contributed by atoms with E-state index in [1.807, 2.05) is 36.6 Å². The van der Waals surface area contributed by atoms with Crippen LogP contribution in [0.15, 0.2) is 35.8 Å². The van der Waals surface area contributed by atoms with Gasteiger partial charge < -0.3 is 15.1 Å². The van der Waals surface area contributed by atoms with Gasteiger partial charge >= 0.3 is 6.03 Å². The number of carbonyl (C=O) groups is 2. The van der Waals surface area contributed by atoms with E-state index in [0.29, 0.717) is 12.8 Å². The highest BCUT2D eigenvalue weighted by Crippen LogP contribution is 2.23. The van der Waals surface area contributed by atoms with Crippen LogP contribution in [0, 0.1) is 0 Å². The highest BCUT2D eigenvalue weighted by Gasteiger charge is 2.20. The highest BCUT2D eigenvalue weighted by molar-refractivity contribution is 7.09. The van der Waals surface area contributed by atoms with Gasteiger partial charge in [0.05, 0.1) is 6.04 Å². The Morgan fingerprint density at radius 1 is 1.24 bits per heavy atom. The summed E-state index contributed by atoms with van der Waals surface area (Å²) >= 11 is 1.53. The summed E-state index contributed by atoms with van der Waals surface area (Å²) in [6.45, 7) is 1.94. The Morgan fingerprint density at radius 3 is 2.60 bits per heavy atom. The molecule has 134 valence electrons. The molecule has 1 N–H and O–H groups in total. The Hall–Kier alpha value is -2.41. The van der Waals surface area contributed by atoms with Crippen molar-refractivity contribution in [3.63, 3.8) is 0 Å². The first-order valence-electron chi connectivity index (χ1n) is 8.11. The molecule has 0 aliphatic carbocycles. The number of hydrogen-bond donors (Lipinski definition) is 1. The molecule has 6 nitrogen and oxygen atoms in total. The molecule has 0 saturated carbocycles. The van der Waals surface area contributed by atoms with E-state index in [4.69, 9.17) is 0 Å². The summed E-state index contributed by atoms with van der Waals surface area (Å²) in [6, 6.07) is 7.26. The highest BCUT2D eigenvalue weighted by atomic mass is 32.1. The molecule has 2 rings (SSSR count). The van der Waals surface area contributed by atoms with E-state index in [-0.39, 0.29) is 18.0 Å². The SMILES string of the molecule is CC(c1nccs1)N(C)C(=O)Nc1ccccc1CCC(=O)N(C)C. The van der Waals surface area contributed by atoms with Gasteiger partial charge in [-0.15, -0.1) is 11.3 Å². The van der Waals surface area contributed by atoms with Gasteiger partial charge in [0.1, 0.15) is 5.01 Å². The fourth-order valence-corrected chi connectivity index (χ4v) is 3.05. The zero-order chi connectivity index (χ0) is 18.4. The molecule has 0 spiro atoms. The van der Waals surface area contributed by atoms with Crippen LogP contribution in [0.25, 0.3) is 0 Å². The number of anilines is 1. The number of benzene rings is 1. The molecule has 0 aliphatic rings. The van der Waals surface area contributed by atoms with E-state index >= 15 is 0 Å². The largest absolute Gasteiger partial charge is 0.349 e. The predicted octanol–water partition coefficient (Wildman–Crippen LogP) is 3.39. The number of nitrogens with zero attached hydrogens (tertiary/aromatic N) is 3. The summed E-state index contributed by atoms with van der Waals surface area (Å²) in [7, 11) is 5.23. The van der Waals surface area contributed by atoms with E-state index in [9.17, 15) is 9.59 Å². The van der Waals surface area contributed by atoms with Gasteiger partial charge in [0.25, 0.3) is 0 Å². The minimum absolute atomic E-state index is 0.0654. The van der Waals surface area contributed by atoms with Crippen molar-refractivity contribution in [3.05, 3.63) is 46.4 Å². The molecule has 1 aromatic heterocycles. The van der Waals surface area contributed by atoms with Crippen molar-refractivity contribution in [1.82, 2.24) is 14.8 Å². The molecule has 2 aromatic rings. The molecule has 3 amide bonds. The summed E-state index contributed by atoms with van der Waals surface area (Å²) in [5, 5.41) is 5.73. The van der Waals surface area contributed by atoms with Crippen molar-refractivity contribution in [1.29, 1.82) is 0 Å². The van der Waals surface area contributed by atoms with E-state index in [1.54, 1.807) is 37.1 Å². The minimum Gasteiger partial charge on any atom is -0.349 e. The van der Waals surface area contributed by atoms with Gasteiger partial charge in [0, 0.05) is 44.8 Å². The molecule has 7 heteroatoms. The monoisotopic (exact) mass is 360 g/mol. The lowest BCUT2D eigenvalue weighted by atomic mass is 10.1. The van der Waals surface area contributed by atoms with Crippen LogP contribution in [0.3, 0.4) is 0 Å². The number of nitrogens with one attached hydrogen (secondary N) is 1. The summed E-state index contributed by atoms with van der Waals surface area (Å²) in [5.41, 5.74) is 1.68. The van der Waals surface area contributed by atoms with E-state index in [1.165, 1.54) is 11.3 Å². The summed E-state index contributed by atoms with van der Waals surface area (Å²) in [6.07, 6.45) is 2.73. The van der Waals surface area contributed by atoms with Crippen LogP contribution in [0.1, 0.15) is 30.0 Å². The average molecular weight is 360 g/mol. The molecule has 0 radical (unpaired) electrons. The first kappa shape index (κ1) is 18.9. The Kier molecular flexibility index (Phi) is 6.52. The summed E-state index contributed by atoms with van der Waals surface area (Å²) in [4.78, 5) is 31.8. The lowest BCUT2D eigenvalue weighted by Crippen LogP contribution is -2.33. The molecule has 1 heterocycles. The third-order valence-electron chi connectivity index (χ3n) is 4.08. The molecule has 1 aromatic carbocycles. The van der Waals surface area contributed by atoms with Gasteiger partial charge in [-0.1, -0.05) is 18.2 Å². The van der Waals surface area contributed by atoms with Crippen LogP contribution in [0.2, 0.25) is 0 Å². The number of urea groups is 1. The second kappa shape index (κ2) is 8.62. The van der Waals surface area contributed by atoms with Gasteiger partial charge in [-0.2, -0.15) is 0 Å². The van der Waals surface area contributed by atoms with Crippen molar-refractivity contribution >= 4 is 29.0 Å². The molecule has 1 atom stereocenters. The zero-order valence-corrected chi connectivity index (χ0v) is 15.8. The second-order valence-electron chi connectivity index (χ2n) is 6.03. The van der Waals surface area contributed by atoms with Gasteiger partial charge in [0.15, 0.2) is 0 Å². The first-order valence-corrected chi connectivity index (χ1v) is 8.99. The van der Waals surface area contributed by atoms with E-state index in [2.05, 4.69) is 10.3 Å². The van der Waals surface area contributed by atoms with Crippen molar-refractivity contribution in [2.24, 2.45) is 0 Å². The molecular formula is C18H24N4O2S. The van der Waals surface area contributed by atoms with Crippen LogP contribution in [-0.2, 0) is 11.2 Å². The standard InChI is InChI=1S/C18H24N4O2S/c1-13(17-19-11-12-25-17)22(4)18(24)20-15-8-6-5-7-14(15)9-10-16(23)21(2)3/h5-8,11-13H,9-10H2,1-4H3,(H,20,24). The zero-order valence-electron chi connectivity index (χ0n) is 15.0. The maximum atomic E-state index is 12.6. The third-order valence-corrected chi connectivity index (χ3v) is 5.02. The smallest absolute Gasteiger partial charge is 0.322 e. The number of thiazole rings is 1. The quantitative estimate of drug-likeness (QED) is 0.859. The molecule has 1 unspecified atom stereocenters. The van der Waals surface area contributed by atoms with Gasteiger partial charge in [-0.25, -0.2) is 9.78 Å². The van der Waals surface area contributed by atoms with Crippen LogP contribution in [-0.4, -0.2) is 47.9 Å². The van der Waals surface area contributed by atoms with Gasteiger partial charge in [-0.05, 0) is 25.0 Å². The normalized spacial score (nSPS) is 11.7. The lowest BCUT2D eigenvalue weighted by Gasteiger charge is -2.24. The first-order chi connectivity index (χ1) is 11.9. The molecule has 0 bridgehead atoms. The van der Waals surface area contributed by atoms with Crippen LogP contribution < -0.4 is 5.32 Å². The second-order valence-corrected chi connectivity index (χ2v) is 6.96. The maximum Gasteiger partial charge on any atom is 0.322 e. The number of carbonyl (C=O) groups excluding carboxylic acids is 2. The molecule has 0 aliphatic heterocycles. The topological polar surface area (TPSA) is 65.5 Å². The Morgan fingerprint density at radius 2 is 1.96 bits per heavy atom. The number of aromatic nitrogens is 1. The molecule has 0 saturated heterocycles. The lowest BCUT2D eigenvalue weighted by molar-refractivity contribution is -0.128. The van der Waals surface area contributed by atoms with Crippen LogP contribution in [0.4, 0.5) is 10.5 Å². The van der Waals surface area contributed by atoms with Gasteiger partial charge in [-0.3, -0.25) is 4.79 Å². The third kappa shape index (κ3) is 5.03. The van der Waals surface area contributed by atoms with Gasteiger partial charge in [0.2, 0.25) is 5.91 Å². The van der Waals surface area contributed by atoms with Crippen LogP contribution >= 0.6 is 11.3 Å². The Bertz CT molecular complexity index is 716. The minimum atomic E-state index is -0.200. The van der Waals surface area contributed by atoms with Crippen molar-refractivity contribution in [2.75, 3.05) is 26.5 Å². The Balaban J connectivity index is 2.04. The van der Waals surface area contributed by atoms with Crippen molar-refractivity contribution in [3.8, 4) is 0 Å². The average Bonchev–Trinajstić information content (AvgIpc) is 3.13. The Labute approximate surface area is 152 Å². The fraction of sp³-hybridized carbons (Fsp3) is 0.389. The number of rotatable bonds is 6. The maximum absolute atomic E-state index is 12.6. The summed E-state index contributed by atoms with van der Waals surface area (Å²) < 4.78 is 0. The van der Waals surface area contributed by atoms with E-state index < -0.39 is 0 Å². The number of aryl methyl sites for hydroxylation is 1.